The van der Waals surface area contributed by atoms with Crippen LogP contribution in [0.5, 0.6) is 5.75 Å². The zero-order valence-electron chi connectivity index (χ0n) is 19.3. The number of cyclic esters (lactones) is 1. The molecule has 3 aromatic rings. The highest BCUT2D eigenvalue weighted by Gasteiger charge is 2.52. The molecule has 6 nitrogen and oxygen atoms in total. The summed E-state index contributed by atoms with van der Waals surface area (Å²) in [4.78, 5) is 34.3. The third-order valence-corrected chi connectivity index (χ3v) is 8.73. The summed E-state index contributed by atoms with van der Waals surface area (Å²) in [6.07, 6.45) is 5.56. The fraction of sp³-hybridized carbons (Fsp3) is 0.423. The number of nitrogens with zero attached hydrogens (tertiary/aromatic N) is 1. The largest absolute Gasteiger partial charge is 0.495 e. The van der Waals surface area contributed by atoms with Crippen molar-refractivity contribution in [3.8, 4) is 5.75 Å². The van der Waals surface area contributed by atoms with Crippen molar-refractivity contribution >= 4 is 57.7 Å². The molecule has 2 aromatic carbocycles. The number of carbonyl (C=O) groups is 2. The molecule has 2 fully saturated rings. The lowest BCUT2D eigenvalue weighted by Gasteiger charge is -2.42. The van der Waals surface area contributed by atoms with Gasteiger partial charge in [0.1, 0.15) is 11.4 Å². The highest BCUT2D eigenvalue weighted by Crippen LogP contribution is 2.46. The molecular formula is C26H26Cl2N2O4S. The molecule has 2 aliphatic rings. The van der Waals surface area contributed by atoms with E-state index in [-0.39, 0.29) is 18.1 Å². The molecule has 1 N–H and O–H groups in total. The predicted molar refractivity (Wildman–Crippen MR) is 137 cm³/mol. The Labute approximate surface area is 218 Å². The standard InChI is InChI=1S/C26H26Cl2N2O4S/c1-33-22-9-6-15(12-18(22)28)10-11-26(16-4-2-3-5-16)14-21(31)23(24(32)34-26)35-25-29-19-8-7-17(27)13-20(19)30-25/h6-9,12-13,16,23H,2-5,10-11,14H2,1H3,(H,29,30). The number of halogens is 2. The van der Waals surface area contributed by atoms with Crippen LogP contribution in [0.1, 0.15) is 44.1 Å². The second-order valence-corrected chi connectivity index (χ2v) is 11.2. The van der Waals surface area contributed by atoms with Gasteiger partial charge in [-0.15, -0.1) is 0 Å². The number of ether oxygens (including phenoxy) is 2. The lowest BCUT2D eigenvalue weighted by atomic mass is 9.76. The van der Waals surface area contributed by atoms with Crippen molar-refractivity contribution in [2.75, 3.05) is 7.11 Å². The third-order valence-electron chi connectivity index (χ3n) is 7.09. The van der Waals surface area contributed by atoms with E-state index in [1.54, 1.807) is 25.3 Å². The monoisotopic (exact) mass is 532 g/mol. The van der Waals surface area contributed by atoms with Crippen LogP contribution < -0.4 is 4.74 Å². The van der Waals surface area contributed by atoms with Crippen molar-refractivity contribution in [3.63, 3.8) is 0 Å². The summed E-state index contributed by atoms with van der Waals surface area (Å²) in [5.41, 5.74) is 1.73. The SMILES string of the molecule is COc1ccc(CCC2(C3CCCC3)CC(=O)C(Sc3nc4ccc(Cl)cc4[nH]3)C(=O)O2)cc1Cl. The number of nitrogens with one attached hydrogen (secondary N) is 1. The number of aryl methyl sites for hydroxylation is 1. The highest BCUT2D eigenvalue weighted by atomic mass is 35.5. The lowest BCUT2D eigenvalue weighted by Crippen LogP contribution is -2.53. The molecule has 0 radical (unpaired) electrons. The van der Waals surface area contributed by atoms with Gasteiger partial charge in [0.05, 0.1) is 23.2 Å². The molecule has 1 saturated heterocycles. The summed E-state index contributed by atoms with van der Waals surface area (Å²) in [5, 5.41) is 0.695. The molecule has 184 valence electrons. The van der Waals surface area contributed by atoms with Crippen LogP contribution in [-0.2, 0) is 20.7 Å². The number of benzene rings is 2. The number of fused-ring (bicyclic) bond motifs is 1. The first kappa shape index (κ1) is 24.5. The van der Waals surface area contributed by atoms with Gasteiger partial charge < -0.3 is 14.5 Å². The van der Waals surface area contributed by atoms with E-state index in [0.29, 0.717) is 33.8 Å². The number of ketones is 1. The van der Waals surface area contributed by atoms with Gasteiger partial charge in [0, 0.05) is 11.4 Å². The molecule has 1 saturated carbocycles. The maximum Gasteiger partial charge on any atom is 0.327 e. The summed E-state index contributed by atoms with van der Waals surface area (Å²) < 4.78 is 11.4. The van der Waals surface area contributed by atoms with Crippen molar-refractivity contribution < 1.29 is 19.1 Å². The molecule has 2 atom stereocenters. The van der Waals surface area contributed by atoms with E-state index < -0.39 is 16.8 Å². The predicted octanol–water partition coefficient (Wildman–Crippen LogP) is 6.42. The Morgan fingerprint density at radius 2 is 1.97 bits per heavy atom. The van der Waals surface area contributed by atoms with Crippen LogP contribution in [0.4, 0.5) is 0 Å². The van der Waals surface area contributed by atoms with Crippen molar-refractivity contribution in [1.29, 1.82) is 0 Å². The van der Waals surface area contributed by atoms with Gasteiger partial charge in [-0.2, -0.15) is 0 Å². The molecule has 1 aliphatic carbocycles. The summed E-state index contributed by atoms with van der Waals surface area (Å²) in [6.45, 7) is 0. The smallest absolute Gasteiger partial charge is 0.327 e. The zero-order valence-corrected chi connectivity index (χ0v) is 21.6. The number of rotatable bonds is 7. The van der Waals surface area contributed by atoms with Crippen LogP contribution in [0.3, 0.4) is 0 Å². The molecule has 2 unspecified atom stereocenters. The number of H-pyrrole nitrogens is 1. The van der Waals surface area contributed by atoms with E-state index in [0.717, 1.165) is 54.0 Å². The van der Waals surface area contributed by atoms with Gasteiger partial charge in [-0.05, 0) is 67.5 Å². The number of esters is 1. The third kappa shape index (κ3) is 5.04. The van der Waals surface area contributed by atoms with Crippen LogP contribution in [0, 0.1) is 5.92 Å². The van der Waals surface area contributed by atoms with Gasteiger partial charge in [0.25, 0.3) is 0 Å². The van der Waals surface area contributed by atoms with Crippen LogP contribution >= 0.6 is 35.0 Å². The fourth-order valence-corrected chi connectivity index (χ4v) is 6.65. The number of hydrogen-bond acceptors (Lipinski definition) is 6. The quantitative estimate of drug-likeness (QED) is 0.279. The summed E-state index contributed by atoms with van der Waals surface area (Å²) in [7, 11) is 1.58. The second-order valence-electron chi connectivity index (χ2n) is 9.28. The molecule has 1 aromatic heterocycles. The molecule has 0 amide bonds. The first-order valence-corrected chi connectivity index (χ1v) is 13.4. The molecule has 5 rings (SSSR count). The van der Waals surface area contributed by atoms with E-state index in [9.17, 15) is 9.59 Å². The Hall–Kier alpha value is -2.22. The van der Waals surface area contributed by atoms with Gasteiger partial charge in [-0.1, -0.05) is 53.9 Å². The average Bonchev–Trinajstić information content (AvgIpc) is 3.50. The number of hydrogen-bond donors (Lipinski definition) is 1. The first-order chi connectivity index (χ1) is 16.9. The van der Waals surface area contributed by atoms with Gasteiger partial charge >= 0.3 is 5.97 Å². The lowest BCUT2D eigenvalue weighted by molar-refractivity contribution is -0.177. The van der Waals surface area contributed by atoms with Gasteiger partial charge in [0.15, 0.2) is 16.2 Å². The van der Waals surface area contributed by atoms with Crippen molar-refractivity contribution in [1.82, 2.24) is 9.97 Å². The molecule has 0 bridgehead atoms. The van der Waals surface area contributed by atoms with E-state index in [1.807, 2.05) is 18.2 Å². The number of carbonyl (C=O) groups excluding carboxylic acids is 2. The number of imidazole rings is 1. The molecular weight excluding hydrogens is 507 g/mol. The van der Waals surface area contributed by atoms with Crippen LogP contribution in [0.2, 0.25) is 10.0 Å². The normalized spacial score (nSPS) is 23.1. The maximum atomic E-state index is 13.4. The Morgan fingerprint density at radius 1 is 1.17 bits per heavy atom. The number of Topliss-reactive ketones (excluding diaryl/α,β-unsaturated/α-hetero) is 1. The van der Waals surface area contributed by atoms with Crippen LogP contribution in [0.25, 0.3) is 11.0 Å². The van der Waals surface area contributed by atoms with Gasteiger partial charge in [0.2, 0.25) is 0 Å². The van der Waals surface area contributed by atoms with Crippen molar-refractivity contribution in [2.45, 2.75) is 61.0 Å². The van der Waals surface area contributed by atoms with Crippen LogP contribution in [-0.4, -0.2) is 39.7 Å². The number of aromatic nitrogens is 2. The molecule has 35 heavy (non-hydrogen) atoms. The summed E-state index contributed by atoms with van der Waals surface area (Å²) in [6, 6.07) is 11.0. The highest BCUT2D eigenvalue weighted by molar-refractivity contribution is 8.01. The number of methoxy groups -OCH3 is 1. The molecule has 2 heterocycles. The minimum Gasteiger partial charge on any atom is -0.495 e. The fourth-order valence-electron chi connectivity index (χ4n) is 5.29. The minimum absolute atomic E-state index is 0.107. The van der Waals surface area contributed by atoms with Gasteiger partial charge in [-0.3, -0.25) is 9.59 Å². The first-order valence-electron chi connectivity index (χ1n) is 11.8. The maximum absolute atomic E-state index is 13.4. The van der Waals surface area contributed by atoms with Crippen molar-refractivity contribution in [3.05, 3.63) is 52.0 Å². The topological polar surface area (TPSA) is 81.3 Å². The Bertz CT molecular complexity index is 1250. The number of thioether (sulfide) groups is 1. The molecule has 9 heteroatoms. The van der Waals surface area contributed by atoms with E-state index >= 15 is 0 Å². The van der Waals surface area contributed by atoms with Gasteiger partial charge in [-0.25, -0.2) is 4.98 Å². The second kappa shape index (κ2) is 10.0. The molecule has 1 aliphatic heterocycles. The van der Waals surface area contributed by atoms with Crippen LogP contribution in [0.15, 0.2) is 41.6 Å². The van der Waals surface area contributed by atoms with E-state index in [2.05, 4.69) is 9.97 Å². The molecule has 0 spiro atoms. The average molecular weight is 533 g/mol. The van der Waals surface area contributed by atoms with E-state index in [1.165, 1.54) is 0 Å². The number of aromatic amines is 1. The minimum atomic E-state index is -0.934. The van der Waals surface area contributed by atoms with Crippen molar-refractivity contribution in [2.24, 2.45) is 5.92 Å². The Balaban J connectivity index is 1.34. The summed E-state index contributed by atoms with van der Waals surface area (Å²) >= 11 is 13.5. The Kier molecular flexibility index (Phi) is 7.02. The van der Waals surface area contributed by atoms with E-state index in [4.69, 9.17) is 32.7 Å². The Morgan fingerprint density at radius 3 is 2.69 bits per heavy atom. The zero-order chi connectivity index (χ0) is 24.6. The summed E-state index contributed by atoms with van der Waals surface area (Å²) in [5.74, 6) is 0.213.